The molecule has 0 atom stereocenters. The molecule has 0 heterocycles. The van der Waals surface area contributed by atoms with E-state index in [0.717, 1.165) is 18.0 Å². The molecule has 0 N–H and O–H groups in total. The van der Waals surface area contributed by atoms with Crippen LogP contribution in [0.15, 0.2) is 0 Å². The predicted octanol–water partition coefficient (Wildman–Crippen LogP) is 0.621. The average Bonchev–Trinajstić information content (AvgIpc) is 2.00. The molecule has 0 saturated heterocycles. The van der Waals surface area contributed by atoms with Gasteiger partial charge in [0.25, 0.3) is 0 Å². The Morgan fingerprint density at radius 2 is 1.50 bits per heavy atom. The van der Waals surface area contributed by atoms with E-state index in [2.05, 4.69) is 15.9 Å². The van der Waals surface area contributed by atoms with Gasteiger partial charge in [0.2, 0.25) is 0 Å². The molecule has 0 aromatic rings. The van der Waals surface area contributed by atoms with Crippen molar-refractivity contribution in [3.8, 4) is 0 Å². The number of rotatable bonds is 7. The number of sulfone groups is 2. The van der Waals surface area contributed by atoms with E-state index >= 15 is 0 Å². The zero-order chi connectivity index (χ0) is 11.2. The van der Waals surface area contributed by atoms with Gasteiger partial charge in [-0.25, -0.2) is 16.8 Å². The first-order valence-corrected chi connectivity index (χ1v) is 9.21. The van der Waals surface area contributed by atoms with Crippen LogP contribution in [0.4, 0.5) is 0 Å². The van der Waals surface area contributed by atoms with Crippen molar-refractivity contribution in [1.82, 2.24) is 0 Å². The maximum absolute atomic E-state index is 11.3. The van der Waals surface area contributed by atoms with Crippen molar-refractivity contribution in [2.75, 3.05) is 28.8 Å². The second kappa shape index (κ2) is 6.07. The quantitative estimate of drug-likeness (QED) is 0.511. The molecular formula is C7H15BrO4S2. The van der Waals surface area contributed by atoms with Crippen molar-refractivity contribution in [2.24, 2.45) is 0 Å². The molecule has 0 aromatic carbocycles. The summed E-state index contributed by atoms with van der Waals surface area (Å²) in [5.74, 6) is -0.452. The van der Waals surface area contributed by atoms with E-state index in [0.29, 0.717) is 6.42 Å². The first kappa shape index (κ1) is 14.4. The van der Waals surface area contributed by atoms with E-state index in [-0.39, 0.29) is 17.3 Å². The lowest BCUT2D eigenvalue weighted by molar-refractivity contribution is 0.588. The Bertz CT molecular complexity index is 344. The highest BCUT2D eigenvalue weighted by molar-refractivity contribution is 9.09. The summed E-state index contributed by atoms with van der Waals surface area (Å²) in [6, 6.07) is 0. The highest BCUT2D eigenvalue weighted by Crippen LogP contribution is 2.01. The van der Waals surface area contributed by atoms with E-state index in [1.165, 1.54) is 0 Å². The third-order valence-corrected chi connectivity index (χ3v) is 5.11. The van der Waals surface area contributed by atoms with Gasteiger partial charge in [0.1, 0.15) is 9.84 Å². The summed E-state index contributed by atoms with van der Waals surface area (Å²) in [5.41, 5.74) is 0. The topological polar surface area (TPSA) is 68.3 Å². The van der Waals surface area contributed by atoms with Gasteiger partial charge in [0.05, 0.1) is 17.3 Å². The van der Waals surface area contributed by atoms with E-state index in [1.54, 1.807) is 0 Å². The molecule has 86 valence electrons. The third kappa shape index (κ3) is 8.96. The van der Waals surface area contributed by atoms with Crippen molar-refractivity contribution in [2.45, 2.75) is 12.8 Å². The van der Waals surface area contributed by atoms with Gasteiger partial charge in [0.15, 0.2) is 9.84 Å². The molecule has 0 rings (SSSR count). The first-order chi connectivity index (χ1) is 6.27. The molecule has 7 heteroatoms. The zero-order valence-corrected chi connectivity index (χ0v) is 11.3. The summed E-state index contributed by atoms with van der Waals surface area (Å²) >= 11 is 3.20. The van der Waals surface area contributed by atoms with Crippen molar-refractivity contribution in [3.05, 3.63) is 0 Å². The Labute approximate surface area is 94.0 Å². The Balaban J connectivity index is 3.97. The molecule has 0 amide bonds. The highest BCUT2D eigenvalue weighted by Gasteiger charge is 2.13. The SMILES string of the molecule is CS(=O)(=O)CCS(=O)(=O)CCCCBr. The monoisotopic (exact) mass is 306 g/mol. The fraction of sp³-hybridized carbons (Fsp3) is 1.00. The molecule has 0 fully saturated rings. The summed E-state index contributed by atoms with van der Waals surface area (Å²) < 4.78 is 44.0. The van der Waals surface area contributed by atoms with Crippen LogP contribution >= 0.6 is 15.9 Å². The molecule has 0 saturated carbocycles. The van der Waals surface area contributed by atoms with Gasteiger partial charge in [-0.05, 0) is 12.8 Å². The molecule has 0 aliphatic rings. The van der Waals surface area contributed by atoms with Gasteiger partial charge in [-0.3, -0.25) is 0 Å². The number of halogens is 1. The summed E-state index contributed by atoms with van der Waals surface area (Å²) in [6.07, 6.45) is 2.41. The molecule has 0 aliphatic carbocycles. The van der Waals surface area contributed by atoms with E-state index in [4.69, 9.17) is 0 Å². The average molecular weight is 307 g/mol. The second-order valence-electron chi connectivity index (χ2n) is 3.18. The van der Waals surface area contributed by atoms with Gasteiger partial charge in [0, 0.05) is 11.6 Å². The van der Waals surface area contributed by atoms with Crippen LogP contribution in [-0.2, 0) is 19.7 Å². The molecule has 4 nitrogen and oxygen atoms in total. The summed E-state index contributed by atoms with van der Waals surface area (Å²) in [7, 11) is -6.36. The maximum Gasteiger partial charge on any atom is 0.151 e. The summed E-state index contributed by atoms with van der Waals surface area (Å²) in [6.45, 7) is 0. The second-order valence-corrected chi connectivity index (χ2v) is 8.53. The summed E-state index contributed by atoms with van der Waals surface area (Å²) in [4.78, 5) is 0. The Hall–Kier alpha value is 0.380. The molecular weight excluding hydrogens is 292 g/mol. The van der Waals surface area contributed by atoms with E-state index in [1.807, 2.05) is 0 Å². The van der Waals surface area contributed by atoms with Crippen LogP contribution in [-0.4, -0.2) is 45.7 Å². The van der Waals surface area contributed by atoms with E-state index < -0.39 is 19.7 Å². The summed E-state index contributed by atoms with van der Waals surface area (Å²) in [5, 5.41) is 0.772. The molecule has 0 bridgehead atoms. The molecule has 0 unspecified atom stereocenters. The number of unbranched alkanes of at least 4 members (excludes halogenated alkanes) is 1. The van der Waals surface area contributed by atoms with Gasteiger partial charge in [-0.15, -0.1) is 0 Å². The van der Waals surface area contributed by atoms with Crippen LogP contribution < -0.4 is 0 Å². The Morgan fingerprint density at radius 3 is 1.93 bits per heavy atom. The van der Waals surface area contributed by atoms with Crippen LogP contribution in [0.1, 0.15) is 12.8 Å². The third-order valence-electron chi connectivity index (χ3n) is 1.60. The minimum Gasteiger partial charge on any atom is -0.229 e. The standard InChI is InChI=1S/C7H15BrO4S2/c1-13(9,10)6-7-14(11,12)5-3-2-4-8/h2-7H2,1H3. The minimum atomic E-state index is -3.19. The number of hydrogen-bond acceptors (Lipinski definition) is 4. The van der Waals surface area contributed by atoms with E-state index in [9.17, 15) is 16.8 Å². The molecule has 14 heavy (non-hydrogen) atoms. The lowest BCUT2D eigenvalue weighted by Crippen LogP contribution is -2.18. The predicted molar refractivity (Wildman–Crippen MR) is 61.4 cm³/mol. The fourth-order valence-electron chi connectivity index (χ4n) is 0.797. The van der Waals surface area contributed by atoms with Gasteiger partial charge in [-0.1, -0.05) is 15.9 Å². The smallest absolute Gasteiger partial charge is 0.151 e. The van der Waals surface area contributed by atoms with Gasteiger partial charge >= 0.3 is 0 Å². The van der Waals surface area contributed by atoms with Crippen LogP contribution in [0, 0.1) is 0 Å². The van der Waals surface area contributed by atoms with Crippen molar-refractivity contribution in [3.63, 3.8) is 0 Å². The lowest BCUT2D eigenvalue weighted by atomic mass is 10.4. The first-order valence-electron chi connectivity index (χ1n) is 4.21. The molecule has 0 aromatic heterocycles. The Kier molecular flexibility index (Phi) is 6.24. The van der Waals surface area contributed by atoms with Crippen molar-refractivity contribution in [1.29, 1.82) is 0 Å². The largest absolute Gasteiger partial charge is 0.229 e. The normalized spacial score (nSPS) is 13.0. The molecule has 0 radical (unpaired) electrons. The van der Waals surface area contributed by atoms with Crippen LogP contribution in [0.2, 0.25) is 0 Å². The van der Waals surface area contributed by atoms with Crippen LogP contribution in [0.25, 0.3) is 0 Å². The zero-order valence-electron chi connectivity index (χ0n) is 8.07. The highest BCUT2D eigenvalue weighted by atomic mass is 79.9. The lowest BCUT2D eigenvalue weighted by Gasteiger charge is -2.02. The van der Waals surface area contributed by atoms with Crippen LogP contribution in [0.5, 0.6) is 0 Å². The number of alkyl halides is 1. The molecule has 0 aliphatic heterocycles. The van der Waals surface area contributed by atoms with Crippen molar-refractivity contribution >= 4 is 35.6 Å². The van der Waals surface area contributed by atoms with Gasteiger partial charge < -0.3 is 0 Å². The minimum absolute atomic E-state index is 0.0775. The Morgan fingerprint density at radius 1 is 0.929 bits per heavy atom. The molecule has 0 spiro atoms. The van der Waals surface area contributed by atoms with Crippen LogP contribution in [0.3, 0.4) is 0 Å². The fourth-order valence-corrected chi connectivity index (χ4v) is 4.27. The number of hydrogen-bond donors (Lipinski definition) is 0. The maximum atomic E-state index is 11.3. The van der Waals surface area contributed by atoms with Crippen molar-refractivity contribution < 1.29 is 16.8 Å². The van der Waals surface area contributed by atoms with Gasteiger partial charge in [-0.2, -0.15) is 0 Å².